The van der Waals surface area contributed by atoms with Crippen LogP contribution in [0.4, 0.5) is 20.3 Å². The molecule has 0 radical (unpaired) electrons. The van der Waals surface area contributed by atoms with E-state index in [1.165, 1.54) is 6.07 Å². The highest BCUT2D eigenvalue weighted by molar-refractivity contribution is 5.81. The van der Waals surface area contributed by atoms with Crippen molar-refractivity contribution < 1.29 is 13.6 Å². The van der Waals surface area contributed by atoms with Crippen LogP contribution in [0.25, 0.3) is 0 Å². The van der Waals surface area contributed by atoms with E-state index in [0.29, 0.717) is 31.9 Å². The van der Waals surface area contributed by atoms with Gasteiger partial charge in [-0.15, -0.1) is 0 Å². The molecule has 2 heterocycles. The normalized spacial score (nSPS) is 14.6. The number of hydrogen-bond donors (Lipinski definition) is 1. The molecular formula is C17H18F2N4O. The van der Waals surface area contributed by atoms with Crippen LogP contribution in [0.2, 0.25) is 0 Å². The highest BCUT2D eigenvalue weighted by atomic mass is 19.2. The maximum absolute atomic E-state index is 13.1. The summed E-state index contributed by atoms with van der Waals surface area (Å²) in [5.41, 5.74) is 0.384. The molecular weight excluding hydrogens is 314 g/mol. The Labute approximate surface area is 138 Å². The van der Waals surface area contributed by atoms with E-state index >= 15 is 0 Å². The van der Waals surface area contributed by atoms with Crippen molar-refractivity contribution in [3.8, 4) is 0 Å². The van der Waals surface area contributed by atoms with E-state index < -0.39 is 11.6 Å². The Kier molecular flexibility index (Phi) is 4.88. The molecule has 0 aliphatic carbocycles. The second-order valence-corrected chi connectivity index (χ2v) is 5.54. The second-order valence-electron chi connectivity index (χ2n) is 5.54. The van der Waals surface area contributed by atoms with Crippen molar-refractivity contribution in [3.63, 3.8) is 0 Å². The highest BCUT2D eigenvalue weighted by Crippen LogP contribution is 2.14. The molecule has 1 fully saturated rings. The lowest BCUT2D eigenvalue weighted by Gasteiger charge is -2.35. The predicted molar refractivity (Wildman–Crippen MR) is 87.9 cm³/mol. The van der Waals surface area contributed by atoms with Crippen molar-refractivity contribution >= 4 is 17.4 Å². The van der Waals surface area contributed by atoms with Crippen molar-refractivity contribution in [2.45, 2.75) is 0 Å². The van der Waals surface area contributed by atoms with Crippen molar-refractivity contribution in [1.82, 2.24) is 9.88 Å². The van der Waals surface area contributed by atoms with Gasteiger partial charge in [0.15, 0.2) is 11.6 Å². The molecule has 1 amide bonds. The summed E-state index contributed by atoms with van der Waals surface area (Å²) in [5, 5.41) is 2.83. The standard InChI is InChI=1S/C17H18F2N4O/c18-14-5-4-13(11-15(14)19)21-12-17(24)23-9-7-22(8-10-23)16-3-1-2-6-20-16/h1-6,11,21H,7-10,12H2. The highest BCUT2D eigenvalue weighted by Gasteiger charge is 2.21. The number of hydrogen-bond acceptors (Lipinski definition) is 4. The summed E-state index contributed by atoms with van der Waals surface area (Å²) in [6, 6.07) is 9.24. The molecule has 0 bridgehead atoms. The van der Waals surface area contributed by atoms with E-state index in [1.54, 1.807) is 11.1 Å². The topological polar surface area (TPSA) is 48.5 Å². The summed E-state index contributed by atoms with van der Waals surface area (Å²) in [4.78, 5) is 20.4. The van der Waals surface area contributed by atoms with Gasteiger partial charge in [-0.1, -0.05) is 6.07 Å². The number of anilines is 2. The number of halogens is 2. The van der Waals surface area contributed by atoms with Crippen LogP contribution in [0.5, 0.6) is 0 Å². The third kappa shape index (κ3) is 3.79. The fourth-order valence-electron chi connectivity index (χ4n) is 2.62. The first kappa shape index (κ1) is 16.2. The van der Waals surface area contributed by atoms with Crippen molar-refractivity contribution in [2.24, 2.45) is 0 Å². The smallest absolute Gasteiger partial charge is 0.241 e. The van der Waals surface area contributed by atoms with Crippen LogP contribution in [-0.2, 0) is 4.79 Å². The van der Waals surface area contributed by atoms with Gasteiger partial charge < -0.3 is 15.1 Å². The Morgan fingerprint density at radius 2 is 1.88 bits per heavy atom. The summed E-state index contributed by atoms with van der Waals surface area (Å²) in [7, 11) is 0. The third-order valence-electron chi connectivity index (χ3n) is 3.97. The molecule has 126 valence electrons. The zero-order chi connectivity index (χ0) is 16.9. The number of nitrogens with zero attached hydrogens (tertiary/aromatic N) is 3. The van der Waals surface area contributed by atoms with Crippen molar-refractivity contribution in [2.75, 3.05) is 42.9 Å². The van der Waals surface area contributed by atoms with E-state index in [0.717, 1.165) is 18.0 Å². The fourth-order valence-corrected chi connectivity index (χ4v) is 2.62. The van der Waals surface area contributed by atoms with Gasteiger partial charge in [0.1, 0.15) is 5.82 Å². The molecule has 7 heteroatoms. The maximum atomic E-state index is 13.1. The van der Waals surface area contributed by atoms with Crippen LogP contribution in [0, 0.1) is 11.6 Å². The van der Waals surface area contributed by atoms with E-state index in [2.05, 4.69) is 15.2 Å². The van der Waals surface area contributed by atoms with Crippen LogP contribution in [0.3, 0.4) is 0 Å². The molecule has 1 aromatic carbocycles. The minimum atomic E-state index is -0.934. The monoisotopic (exact) mass is 332 g/mol. The lowest BCUT2D eigenvalue weighted by Crippen LogP contribution is -2.50. The number of benzene rings is 1. The van der Waals surface area contributed by atoms with E-state index in [-0.39, 0.29) is 12.5 Å². The molecule has 1 aromatic heterocycles. The van der Waals surface area contributed by atoms with Gasteiger partial charge >= 0.3 is 0 Å². The number of pyridine rings is 1. The van der Waals surface area contributed by atoms with Gasteiger partial charge in [0, 0.05) is 44.1 Å². The van der Waals surface area contributed by atoms with Crippen molar-refractivity contribution in [1.29, 1.82) is 0 Å². The van der Waals surface area contributed by atoms with E-state index in [4.69, 9.17) is 0 Å². The first-order valence-electron chi connectivity index (χ1n) is 7.76. The summed E-state index contributed by atoms with van der Waals surface area (Å²) < 4.78 is 26.0. The van der Waals surface area contributed by atoms with Gasteiger partial charge in [-0.05, 0) is 24.3 Å². The van der Waals surface area contributed by atoms with Crippen LogP contribution >= 0.6 is 0 Å². The number of rotatable bonds is 4. The summed E-state index contributed by atoms with van der Waals surface area (Å²) >= 11 is 0. The Balaban J connectivity index is 1.49. The maximum Gasteiger partial charge on any atom is 0.241 e. The zero-order valence-electron chi connectivity index (χ0n) is 13.1. The van der Waals surface area contributed by atoms with Gasteiger partial charge in [-0.25, -0.2) is 13.8 Å². The Morgan fingerprint density at radius 1 is 1.08 bits per heavy atom. The molecule has 1 saturated heterocycles. The van der Waals surface area contributed by atoms with Crippen LogP contribution < -0.4 is 10.2 Å². The number of carbonyl (C=O) groups excluding carboxylic acids is 1. The fraction of sp³-hybridized carbons (Fsp3) is 0.294. The lowest BCUT2D eigenvalue weighted by atomic mass is 10.2. The summed E-state index contributed by atoms with van der Waals surface area (Å²) in [6.45, 7) is 2.69. The Hall–Kier alpha value is -2.70. The Bertz CT molecular complexity index is 703. The molecule has 1 N–H and O–H groups in total. The van der Waals surface area contributed by atoms with Gasteiger partial charge in [0.2, 0.25) is 5.91 Å². The van der Waals surface area contributed by atoms with Gasteiger partial charge in [-0.2, -0.15) is 0 Å². The average Bonchev–Trinajstić information content (AvgIpc) is 2.63. The number of amides is 1. The Morgan fingerprint density at radius 3 is 2.54 bits per heavy atom. The largest absolute Gasteiger partial charge is 0.376 e. The van der Waals surface area contributed by atoms with Crippen molar-refractivity contribution in [3.05, 3.63) is 54.2 Å². The molecule has 24 heavy (non-hydrogen) atoms. The first-order valence-corrected chi connectivity index (χ1v) is 7.76. The molecule has 2 aromatic rings. The van der Waals surface area contributed by atoms with Crippen LogP contribution in [-0.4, -0.2) is 48.5 Å². The quantitative estimate of drug-likeness (QED) is 0.932. The number of nitrogens with one attached hydrogen (secondary N) is 1. The molecule has 1 aliphatic rings. The lowest BCUT2D eigenvalue weighted by molar-refractivity contribution is -0.129. The van der Waals surface area contributed by atoms with Crippen LogP contribution in [0.15, 0.2) is 42.6 Å². The molecule has 0 spiro atoms. The molecule has 0 atom stereocenters. The second kappa shape index (κ2) is 7.25. The van der Waals surface area contributed by atoms with Gasteiger partial charge in [-0.3, -0.25) is 4.79 Å². The van der Waals surface area contributed by atoms with E-state index in [9.17, 15) is 13.6 Å². The molecule has 0 unspecified atom stereocenters. The number of carbonyl (C=O) groups is 1. The summed E-state index contributed by atoms with van der Waals surface area (Å²) in [6.07, 6.45) is 1.75. The molecule has 3 rings (SSSR count). The van der Waals surface area contributed by atoms with Gasteiger partial charge in [0.05, 0.1) is 6.54 Å². The van der Waals surface area contributed by atoms with Gasteiger partial charge in [0.25, 0.3) is 0 Å². The summed E-state index contributed by atoms with van der Waals surface area (Å²) in [5.74, 6) is -1.00. The average molecular weight is 332 g/mol. The minimum Gasteiger partial charge on any atom is -0.376 e. The molecule has 1 aliphatic heterocycles. The minimum absolute atomic E-state index is 0.0503. The molecule has 0 saturated carbocycles. The molecule has 5 nitrogen and oxygen atoms in total. The zero-order valence-corrected chi connectivity index (χ0v) is 13.1. The van der Waals surface area contributed by atoms with E-state index in [1.807, 2.05) is 18.2 Å². The predicted octanol–water partition coefficient (Wildman–Crippen LogP) is 2.12. The van der Waals surface area contributed by atoms with Crippen LogP contribution in [0.1, 0.15) is 0 Å². The SMILES string of the molecule is O=C(CNc1ccc(F)c(F)c1)N1CCN(c2ccccn2)CC1. The third-order valence-corrected chi connectivity index (χ3v) is 3.97. The number of aromatic nitrogens is 1. The number of piperazine rings is 1. The first-order chi connectivity index (χ1) is 11.6.